The second kappa shape index (κ2) is 5.28. The van der Waals surface area contributed by atoms with Crippen LogP contribution >= 0.6 is 11.3 Å². The number of aryl methyl sites for hydroxylation is 2. The topological polar surface area (TPSA) is 63.8 Å². The minimum Gasteiger partial charge on any atom is -0.271 e. The fourth-order valence-corrected chi connectivity index (χ4v) is 2.93. The molecule has 2 heterocycles. The zero-order valence-electron chi connectivity index (χ0n) is 11.4. The van der Waals surface area contributed by atoms with Crippen molar-refractivity contribution in [2.75, 3.05) is 0 Å². The van der Waals surface area contributed by atoms with Gasteiger partial charge in [0, 0.05) is 16.5 Å². The third kappa shape index (κ3) is 2.43. The second-order valence-electron chi connectivity index (χ2n) is 4.80. The standard InChI is InChI=1S/C15H16N4S/c1-9-3-4-11-7-12(5-6-13(11)17-9)15(19-16)14-8-20-10(2)18-14/h3-8,15,19H,16H2,1-2H3. The van der Waals surface area contributed by atoms with Gasteiger partial charge >= 0.3 is 0 Å². The van der Waals surface area contributed by atoms with Crippen molar-refractivity contribution in [2.24, 2.45) is 5.84 Å². The number of nitrogens with one attached hydrogen (secondary N) is 1. The van der Waals surface area contributed by atoms with E-state index in [9.17, 15) is 0 Å². The molecule has 0 radical (unpaired) electrons. The molecule has 2 aromatic heterocycles. The fraction of sp³-hybridized carbons (Fsp3) is 0.200. The molecule has 0 amide bonds. The first-order valence-corrected chi connectivity index (χ1v) is 7.31. The van der Waals surface area contributed by atoms with E-state index >= 15 is 0 Å². The molecule has 3 rings (SSSR count). The molecule has 1 unspecified atom stereocenters. The third-order valence-electron chi connectivity index (χ3n) is 3.29. The normalized spacial score (nSPS) is 12.8. The van der Waals surface area contributed by atoms with Gasteiger partial charge in [0.1, 0.15) is 0 Å². The molecule has 3 aromatic rings. The molecule has 4 nitrogen and oxygen atoms in total. The summed E-state index contributed by atoms with van der Waals surface area (Å²) in [6.07, 6.45) is 0. The summed E-state index contributed by atoms with van der Waals surface area (Å²) >= 11 is 1.63. The summed E-state index contributed by atoms with van der Waals surface area (Å²) in [5, 5.41) is 4.19. The quantitative estimate of drug-likeness (QED) is 0.573. The summed E-state index contributed by atoms with van der Waals surface area (Å²) in [5.41, 5.74) is 6.92. The molecule has 0 saturated carbocycles. The number of hydrazine groups is 1. The lowest BCUT2D eigenvalue weighted by atomic mass is 10.0. The van der Waals surface area contributed by atoms with Gasteiger partial charge in [0.15, 0.2) is 0 Å². The van der Waals surface area contributed by atoms with E-state index < -0.39 is 0 Å². The molecular formula is C15H16N4S. The number of nitrogens with zero attached hydrogens (tertiary/aromatic N) is 2. The van der Waals surface area contributed by atoms with E-state index in [4.69, 9.17) is 5.84 Å². The Morgan fingerprint density at radius 1 is 1.15 bits per heavy atom. The van der Waals surface area contributed by atoms with Crippen molar-refractivity contribution in [3.8, 4) is 0 Å². The van der Waals surface area contributed by atoms with Crippen LogP contribution in [-0.4, -0.2) is 9.97 Å². The number of fused-ring (bicyclic) bond motifs is 1. The van der Waals surface area contributed by atoms with Crippen molar-refractivity contribution in [3.63, 3.8) is 0 Å². The maximum absolute atomic E-state index is 5.71. The maximum Gasteiger partial charge on any atom is 0.0898 e. The molecule has 0 aliphatic carbocycles. The number of aromatic nitrogens is 2. The van der Waals surface area contributed by atoms with Gasteiger partial charge in [-0.15, -0.1) is 11.3 Å². The third-order valence-corrected chi connectivity index (χ3v) is 4.08. The van der Waals surface area contributed by atoms with E-state index in [0.29, 0.717) is 0 Å². The summed E-state index contributed by atoms with van der Waals surface area (Å²) < 4.78 is 0. The van der Waals surface area contributed by atoms with Crippen molar-refractivity contribution in [1.29, 1.82) is 0 Å². The van der Waals surface area contributed by atoms with Crippen LogP contribution < -0.4 is 11.3 Å². The van der Waals surface area contributed by atoms with Crippen molar-refractivity contribution in [1.82, 2.24) is 15.4 Å². The Balaban J connectivity index is 2.05. The van der Waals surface area contributed by atoms with Crippen LogP contribution in [0, 0.1) is 13.8 Å². The maximum atomic E-state index is 5.71. The van der Waals surface area contributed by atoms with E-state index in [1.807, 2.05) is 37.4 Å². The number of pyridine rings is 1. The Kier molecular flexibility index (Phi) is 3.48. The van der Waals surface area contributed by atoms with Gasteiger partial charge in [-0.1, -0.05) is 12.1 Å². The minimum absolute atomic E-state index is 0.0920. The molecule has 0 aliphatic rings. The molecule has 20 heavy (non-hydrogen) atoms. The van der Waals surface area contributed by atoms with Gasteiger partial charge in [-0.2, -0.15) is 0 Å². The highest BCUT2D eigenvalue weighted by Gasteiger charge is 2.15. The van der Waals surface area contributed by atoms with Gasteiger partial charge in [-0.3, -0.25) is 10.8 Å². The summed E-state index contributed by atoms with van der Waals surface area (Å²) in [5.74, 6) is 5.71. The summed E-state index contributed by atoms with van der Waals surface area (Å²) in [6, 6.07) is 10.2. The molecule has 102 valence electrons. The molecular weight excluding hydrogens is 268 g/mol. The molecule has 5 heteroatoms. The van der Waals surface area contributed by atoms with Gasteiger partial charge in [0.05, 0.1) is 22.3 Å². The highest BCUT2D eigenvalue weighted by atomic mass is 32.1. The predicted octanol–water partition coefficient (Wildman–Crippen LogP) is 2.86. The summed E-state index contributed by atoms with van der Waals surface area (Å²) in [6.45, 7) is 3.99. The highest BCUT2D eigenvalue weighted by molar-refractivity contribution is 7.09. The van der Waals surface area contributed by atoms with Gasteiger partial charge in [0.25, 0.3) is 0 Å². The van der Waals surface area contributed by atoms with Crippen LogP contribution in [0.2, 0.25) is 0 Å². The van der Waals surface area contributed by atoms with Crippen molar-refractivity contribution in [3.05, 3.63) is 57.7 Å². The van der Waals surface area contributed by atoms with E-state index in [0.717, 1.165) is 32.9 Å². The van der Waals surface area contributed by atoms with Crippen LogP contribution in [0.3, 0.4) is 0 Å². The largest absolute Gasteiger partial charge is 0.271 e. The molecule has 0 aliphatic heterocycles. The first kappa shape index (κ1) is 13.2. The number of nitrogens with two attached hydrogens (primary N) is 1. The van der Waals surface area contributed by atoms with Crippen molar-refractivity contribution >= 4 is 22.2 Å². The van der Waals surface area contributed by atoms with Gasteiger partial charge in [0.2, 0.25) is 0 Å². The zero-order valence-corrected chi connectivity index (χ0v) is 12.2. The van der Waals surface area contributed by atoms with Gasteiger partial charge in [-0.25, -0.2) is 10.4 Å². The lowest BCUT2D eigenvalue weighted by molar-refractivity contribution is 0.623. The van der Waals surface area contributed by atoms with E-state index in [-0.39, 0.29) is 6.04 Å². The van der Waals surface area contributed by atoms with Crippen LogP contribution in [0.5, 0.6) is 0 Å². The first-order chi connectivity index (χ1) is 9.67. The van der Waals surface area contributed by atoms with E-state index in [2.05, 4.69) is 27.5 Å². The smallest absolute Gasteiger partial charge is 0.0898 e. The van der Waals surface area contributed by atoms with Crippen LogP contribution in [0.15, 0.2) is 35.7 Å². The number of hydrogen-bond acceptors (Lipinski definition) is 5. The number of benzene rings is 1. The van der Waals surface area contributed by atoms with Crippen molar-refractivity contribution < 1.29 is 0 Å². The Labute approximate surface area is 121 Å². The highest BCUT2D eigenvalue weighted by Crippen LogP contribution is 2.25. The first-order valence-electron chi connectivity index (χ1n) is 6.43. The van der Waals surface area contributed by atoms with Gasteiger partial charge in [-0.05, 0) is 37.6 Å². The Morgan fingerprint density at radius 3 is 2.70 bits per heavy atom. The predicted molar refractivity (Wildman–Crippen MR) is 82.5 cm³/mol. The second-order valence-corrected chi connectivity index (χ2v) is 5.86. The molecule has 1 atom stereocenters. The summed E-state index contributed by atoms with van der Waals surface area (Å²) in [7, 11) is 0. The van der Waals surface area contributed by atoms with Gasteiger partial charge < -0.3 is 0 Å². The zero-order chi connectivity index (χ0) is 14.1. The fourth-order valence-electron chi connectivity index (χ4n) is 2.29. The molecule has 0 bridgehead atoms. The monoisotopic (exact) mass is 284 g/mol. The lowest BCUT2D eigenvalue weighted by Crippen LogP contribution is -2.29. The summed E-state index contributed by atoms with van der Waals surface area (Å²) in [4.78, 5) is 9.03. The van der Waals surface area contributed by atoms with Crippen LogP contribution in [-0.2, 0) is 0 Å². The lowest BCUT2D eigenvalue weighted by Gasteiger charge is -2.14. The number of rotatable bonds is 3. The average molecular weight is 284 g/mol. The van der Waals surface area contributed by atoms with E-state index in [1.165, 1.54) is 0 Å². The molecule has 0 fully saturated rings. The Hall–Kier alpha value is -1.82. The Morgan fingerprint density at radius 2 is 2.00 bits per heavy atom. The van der Waals surface area contributed by atoms with Crippen LogP contribution in [0.25, 0.3) is 10.9 Å². The average Bonchev–Trinajstić information content (AvgIpc) is 2.86. The van der Waals surface area contributed by atoms with E-state index in [1.54, 1.807) is 11.3 Å². The SMILES string of the molecule is Cc1ccc2cc(C(NN)c3csc(C)n3)ccc2n1. The molecule has 0 saturated heterocycles. The minimum atomic E-state index is -0.0920. The van der Waals surface area contributed by atoms with Crippen molar-refractivity contribution in [2.45, 2.75) is 19.9 Å². The van der Waals surface area contributed by atoms with Crippen LogP contribution in [0.1, 0.15) is 28.0 Å². The van der Waals surface area contributed by atoms with Crippen LogP contribution in [0.4, 0.5) is 0 Å². The molecule has 0 spiro atoms. The molecule has 1 aromatic carbocycles. The number of hydrogen-bond donors (Lipinski definition) is 2. The number of thiazole rings is 1. The molecule has 3 N–H and O–H groups in total. The Bertz CT molecular complexity index is 750.